The Morgan fingerprint density at radius 2 is 1.96 bits per heavy atom. The third-order valence-electron chi connectivity index (χ3n) is 8.12. The summed E-state index contributed by atoms with van der Waals surface area (Å²) in [6.07, 6.45) is 7.82. The lowest BCUT2D eigenvalue weighted by Crippen LogP contribution is -2.55. The van der Waals surface area contributed by atoms with Gasteiger partial charge in [-0.1, -0.05) is 26.3 Å². The molecule has 0 aromatic carbocycles. The first-order chi connectivity index (χ1) is 12.3. The van der Waals surface area contributed by atoms with E-state index >= 15 is 0 Å². The minimum absolute atomic E-state index is 0.0364. The smallest absolute Gasteiger partial charge is 0.305 e. The molecule has 3 saturated carbocycles. The van der Waals surface area contributed by atoms with Crippen LogP contribution in [0.3, 0.4) is 0 Å². The van der Waals surface area contributed by atoms with Gasteiger partial charge in [0.15, 0.2) is 5.78 Å². The molecule has 4 aliphatic rings. The van der Waals surface area contributed by atoms with Gasteiger partial charge in [0.2, 0.25) is 0 Å². The van der Waals surface area contributed by atoms with Crippen LogP contribution in [0, 0.1) is 28.6 Å². The minimum Gasteiger partial charge on any atom is -0.462 e. The zero-order valence-electron chi connectivity index (χ0n) is 16.2. The Morgan fingerprint density at radius 3 is 2.69 bits per heavy atom. The van der Waals surface area contributed by atoms with Gasteiger partial charge in [0, 0.05) is 30.6 Å². The Morgan fingerprint density at radius 1 is 1.19 bits per heavy atom. The first kappa shape index (κ1) is 17.9. The molecule has 4 nitrogen and oxygen atoms in total. The largest absolute Gasteiger partial charge is 0.462 e. The predicted molar refractivity (Wildman–Crippen MR) is 97.3 cm³/mol. The number of carbonyl (C=O) groups is 3. The van der Waals surface area contributed by atoms with Gasteiger partial charge >= 0.3 is 5.97 Å². The number of rotatable bonds is 2. The van der Waals surface area contributed by atoms with Crippen molar-refractivity contribution >= 4 is 17.5 Å². The summed E-state index contributed by atoms with van der Waals surface area (Å²) in [6, 6.07) is 0. The Bertz CT molecular complexity index is 692. The van der Waals surface area contributed by atoms with Crippen molar-refractivity contribution in [1.29, 1.82) is 0 Å². The van der Waals surface area contributed by atoms with Crippen LogP contribution in [0.2, 0.25) is 0 Å². The highest BCUT2D eigenvalue weighted by molar-refractivity contribution is 5.93. The fourth-order valence-corrected chi connectivity index (χ4v) is 6.77. The summed E-state index contributed by atoms with van der Waals surface area (Å²) >= 11 is 0. The summed E-state index contributed by atoms with van der Waals surface area (Å²) in [5, 5.41) is 0. The van der Waals surface area contributed by atoms with Crippen LogP contribution in [-0.2, 0) is 19.1 Å². The third kappa shape index (κ3) is 2.44. The number of hydrogen-bond acceptors (Lipinski definition) is 4. The van der Waals surface area contributed by atoms with E-state index in [1.54, 1.807) is 0 Å². The Labute approximate surface area is 155 Å². The third-order valence-corrected chi connectivity index (χ3v) is 8.12. The van der Waals surface area contributed by atoms with Crippen molar-refractivity contribution in [3.8, 4) is 0 Å². The molecule has 0 N–H and O–H groups in total. The maximum absolute atomic E-state index is 13.4. The fraction of sp³-hybridized carbons (Fsp3) is 0.773. The van der Waals surface area contributed by atoms with Crippen LogP contribution < -0.4 is 0 Å². The SMILES string of the molecule is CCC(=O)O[C@@H]1CC[C@@H]2[C@H]3CCC4=CC(=O)CC[C@]4(C)[C@@H]3C(=O)C[C@]21C. The molecule has 4 heteroatoms. The van der Waals surface area contributed by atoms with E-state index in [2.05, 4.69) is 13.8 Å². The molecular weight excluding hydrogens is 328 g/mol. The van der Waals surface area contributed by atoms with E-state index in [1.165, 1.54) is 5.57 Å². The van der Waals surface area contributed by atoms with Crippen LogP contribution in [0.5, 0.6) is 0 Å². The van der Waals surface area contributed by atoms with E-state index in [0.29, 0.717) is 36.9 Å². The molecule has 0 aromatic rings. The summed E-state index contributed by atoms with van der Waals surface area (Å²) in [7, 11) is 0. The molecule has 0 unspecified atom stereocenters. The molecule has 26 heavy (non-hydrogen) atoms. The van der Waals surface area contributed by atoms with Gasteiger partial charge in [-0.25, -0.2) is 0 Å². The minimum atomic E-state index is -0.217. The molecule has 0 bridgehead atoms. The number of carbonyl (C=O) groups excluding carboxylic acids is 3. The summed E-state index contributed by atoms with van der Waals surface area (Å²) < 4.78 is 5.76. The van der Waals surface area contributed by atoms with Crippen LogP contribution in [0.25, 0.3) is 0 Å². The first-order valence-corrected chi connectivity index (χ1v) is 10.3. The predicted octanol–water partition coefficient (Wildman–Crippen LogP) is 4.02. The molecule has 6 atom stereocenters. The number of esters is 1. The zero-order chi connectivity index (χ0) is 18.7. The maximum Gasteiger partial charge on any atom is 0.305 e. The van der Waals surface area contributed by atoms with E-state index in [9.17, 15) is 14.4 Å². The lowest BCUT2D eigenvalue weighted by atomic mass is 9.47. The van der Waals surface area contributed by atoms with Crippen molar-refractivity contribution < 1.29 is 19.1 Å². The molecule has 0 aromatic heterocycles. The zero-order valence-corrected chi connectivity index (χ0v) is 16.2. The quantitative estimate of drug-likeness (QED) is 0.700. The fourth-order valence-electron chi connectivity index (χ4n) is 6.77. The number of Topliss-reactive ketones (excluding diaryl/α,β-unsaturated/α-hetero) is 1. The van der Waals surface area contributed by atoms with Crippen LogP contribution in [-0.4, -0.2) is 23.6 Å². The maximum atomic E-state index is 13.4. The molecule has 4 aliphatic carbocycles. The number of ether oxygens (including phenoxy) is 1. The monoisotopic (exact) mass is 358 g/mol. The second-order valence-corrected chi connectivity index (χ2v) is 9.40. The van der Waals surface area contributed by atoms with Crippen molar-refractivity contribution in [2.75, 3.05) is 0 Å². The van der Waals surface area contributed by atoms with Gasteiger partial charge < -0.3 is 4.74 Å². The van der Waals surface area contributed by atoms with Crippen LogP contribution in [0.15, 0.2) is 11.6 Å². The first-order valence-electron chi connectivity index (χ1n) is 10.3. The van der Waals surface area contributed by atoms with Gasteiger partial charge in [-0.15, -0.1) is 0 Å². The van der Waals surface area contributed by atoms with Crippen molar-refractivity contribution in [3.63, 3.8) is 0 Å². The number of hydrogen-bond donors (Lipinski definition) is 0. The average molecular weight is 358 g/mol. The lowest BCUT2D eigenvalue weighted by molar-refractivity contribution is -0.164. The van der Waals surface area contributed by atoms with Gasteiger partial charge in [0.05, 0.1) is 0 Å². The molecule has 0 radical (unpaired) electrons. The van der Waals surface area contributed by atoms with Crippen molar-refractivity contribution in [2.45, 2.75) is 78.2 Å². The topological polar surface area (TPSA) is 60.4 Å². The van der Waals surface area contributed by atoms with E-state index in [4.69, 9.17) is 4.74 Å². The average Bonchev–Trinajstić information content (AvgIpc) is 2.91. The molecule has 142 valence electrons. The molecule has 0 heterocycles. The molecule has 0 aliphatic heterocycles. The van der Waals surface area contributed by atoms with Crippen LogP contribution in [0.1, 0.15) is 72.1 Å². The van der Waals surface area contributed by atoms with E-state index in [-0.39, 0.29) is 34.6 Å². The van der Waals surface area contributed by atoms with Crippen molar-refractivity contribution in [2.24, 2.45) is 28.6 Å². The molecule has 3 fully saturated rings. The molecule has 0 amide bonds. The van der Waals surface area contributed by atoms with Gasteiger partial charge in [-0.05, 0) is 55.4 Å². The van der Waals surface area contributed by atoms with Crippen LogP contribution in [0.4, 0.5) is 0 Å². The summed E-state index contributed by atoms with van der Waals surface area (Å²) in [4.78, 5) is 37.1. The second kappa shape index (κ2) is 6.03. The van der Waals surface area contributed by atoms with Gasteiger partial charge in [0.25, 0.3) is 0 Å². The van der Waals surface area contributed by atoms with Gasteiger partial charge in [-0.2, -0.15) is 0 Å². The van der Waals surface area contributed by atoms with E-state index in [1.807, 2.05) is 13.0 Å². The van der Waals surface area contributed by atoms with Crippen molar-refractivity contribution in [3.05, 3.63) is 11.6 Å². The molecule has 0 spiro atoms. The van der Waals surface area contributed by atoms with Crippen molar-refractivity contribution in [1.82, 2.24) is 0 Å². The molecule has 4 rings (SSSR count). The van der Waals surface area contributed by atoms with Crippen LogP contribution >= 0.6 is 0 Å². The highest BCUT2D eigenvalue weighted by Crippen LogP contribution is 2.64. The summed E-state index contributed by atoms with van der Waals surface area (Å²) in [5.41, 5.74) is 0.845. The number of allylic oxidation sites excluding steroid dienone is 1. The number of ketones is 2. The standard InChI is InChI=1S/C22H30O4/c1-4-19(25)26-18-8-7-16-15-6-5-13-11-14(23)9-10-21(13,2)20(15)17(24)12-22(16,18)3/h11,15-16,18,20H,4-10,12H2,1-3H3/t15-,16-,18-,20+,21+,22-/m1/s1. The Kier molecular flexibility index (Phi) is 4.16. The summed E-state index contributed by atoms with van der Waals surface area (Å²) in [6.45, 7) is 6.20. The Balaban J connectivity index is 1.66. The van der Waals surface area contributed by atoms with E-state index < -0.39 is 0 Å². The summed E-state index contributed by atoms with van der Waals surface area (Å²) in [5.74, 6) is 1.23. The Hall–Kier alpha value is -1.45. The lowest BCUT2D eigenvalue weighted by Gasteiger charge is -2.56. The highest BCUT2D eigenvalue weighted by atomic mass is 16.5. The normalized spacial score (nSPS) is 44.7. The van der Waals surface area contributed by atoms with Gasteiger partial charge in [0.1, 0.15) is 11.9 Å². The molecular formula is C22H30O4. The molecule has 0 saturated heterocycles. The highest BCUT2D eigenvalue weighted by Gasteiger charge is 2.63. The van der Waals surface area contributed by atoms with Gasteiger partial charge in [-0.3, -0.25) is 14.4 Å². The number of fused-ring (bicyclic) bond motifs is 5. The second-order valence-electron chi connectivity index (χ2n) is 9.40. The van der Waals surface area contributed by atoms with E-state index in [0.717, 1.165) is 32.1 Å².